The highest BCUT2D eigenvalue weighted by molar-refractivity contribution is 6.30. The van der Waals surface area contributed by atoms with E-state index in [0.717, 1.165) is 48.4 Å². The summed E-state index contributed by atoms with van der Waals surface area (Å²) in [6.45, 7) is 1.52. The summed E-state index contributed by atoms with van der Waals surface area (Å²) in [6, 6.07) is 7.94. The summed E-state index contributed by atoms with van der Waals surface area (Å²) >= 11 is 6.22. The number of benzene rings is 1. The molecule has 0 unspecified atom stereocenters. The summed E-state index contributed by atoms with van der Waals surface area (Å²) in [7, 11) is 1.91. The molecule has 2 aromatic rings. The average Bonchev–Trinajstić information content (AvgIpc) is 3.35. The van der Waals surface area contributed by atoms with Gasteiger partial charge in [0.25, 0.3) is 0 Å². The van der Waals surface area contributed by atoms with Crippen LogP contribution in [0.5, 0.6) is 0 Å². The second-order valence-corrected chi connectivity index (χ2v) is 8.04. The number of hydrogen-bond acceptors (Lipinski definition) is 3. The Bertz CT molecular complexity index is 797. The Hall–Kier alpha value is -1.85. The van der Waals surface area contributed by atoms with E-state index in [4.69, 9.17) is 11.6 Å². The molecule has 5 nitrogen and oxygen atoms in total. The third-order valence-corrected chi connectivity index (χ3v) is 6.14. The fourth-order valence-corrected chi connectivity index (χ4v) is 4.71. The Morgan fingerprint density at radius 3 is 2.85 bits per heavy atom. The van der Waals surface area contributed by atoms with Crippen LogP contribution in [0.1, 0.15) is 42.7 Å². The van der Waals surface area contributed by atoms with E-state index in [1.165, 1.54) is 0 Å². The molecule has 1 aromatic carbocycles. The number of nitrogens with one attached hydrogen (secondary N) is 2. The lowest BCUT2D eigenvalue weighted by molar-refractivity contribution is -0.127. The van der Waals surface area contributed by atoms with Crippen LogP contribution in [0.15, 0.2) is 36.7 Å². The maximum absolute atomic E-state index is 13.2. The van der Waals surface area contributed by atoms with E-state index in [2.05, 4.69) is 21.8 Å². The first-order valence-corrected chi connectivity index (χ1v) is 9.72. The lowest BCUT2D eigenvalue weighted by Crippen LogP contribution is -2.47. The molecule has 1 amide bonds. The van der Waals surface area contributed by atoms with Crippen LogP contribution < -0.4 is 10.6 Å². The van der Waals surface area contributed by atoms with Gasteiger partial charge in [-0.1, -0.05) is 36.6 Å². The molecule has 4 rings (SSSR count). The van der Waals surface area contributed by atoms with Crippen LogP contribution in [-0.4, -0.2) is 28.8 Å². The van der Waals surface area contributed by atoms with E-state index < -0.39 is 0 Å². The van der Waals surface area contributed by atoms with Crippen molar-refractivity contribution < 1.29 is 4.79 Å². The number of rotatable bonds is 4. The highest BCUT2D eigenvalue weighted by Crippen LogP contribution is 2.40. The van der Waals surface area contributed by atoms with Crippen LogP contribution in [0, 0.1) is 5.92 Å². The van der Waals surface area contributed by atoms with Crippen molar-refractivity contribution in [3.63, 3.8) is 0 Å². The predicted octanol–water partition coefficient (Wildman–Crippen LogP) is 2.96. The third-order valence-electron chi connectivity index (χ3n) is 5.90. The number of hydrogen-bond donors (Lipinski definition) is 2. The van der Waals surface area contributed by atoms with Crippen LogP contribution >= 0.6 is 11.6 Å². The monoisotopic (exact) mass is 372 g/mol. The average molecular weight is 373 g/mol. The van der Waals surface area contributed by atoms with Crippen LogP contribution in [-0.2, 0) is 17.4 Å². The molecule has 2 atom stereocenters. The third kappa shape index (κ3) is 3.26. The van der Waals surface area contributed by atoms with Crippen molar-refractivity contribution in [1.29, 1.82) is 0 Å². The van der Waals surface area contributed by atoms with Gasteiger partial charge in [-0.2, -0.15) is 5.10 Å². The molecule has 1 saturated carbocycles. The number of carbonyl (C=O) groups excluding carboxylic acids is 1. The molecule has 2 aliphatic rings. The Kier molecular flexibility index (Phi) is 4.76. The maximum atomic E-state index is 13.2. The largest absolute Gasteiger partial charge is 0.346 e. The number of amides is 1. The summed E-state index contributed by atoms with van der Waals surface area (Å²) in [5.41, 5.74) is 1.96. The lowest BCUT2D eigenvalue weighted by atomic mass is 9.85. The second-order valence-electron chi connectivity index (χ2n) is 7.61. The molecular weight excluding hydrogens is 348 g/mol. The van der Waals surface area contributed by atoms with Crippen molar-refractivity contribution in [2.24, 2.45) is 13.0 Å². The fraction of sp³-hybridized carbons (Fsp3) is 0.500. The van der Waals surface area contributed by atoms with E-state index >= 15 is 0 Å². The van der Waals surface area contributed by atoms with E-state index in [9.17, 15) is 4.79 Å². The number of aromatic nitrogens is 2. The van der Waals surface area contributed by atoms with Gasteiger partial charge in [0.1, 0.15) is 0 Å². The smallest absolute Gasteiger partial charge is 0.225 e. The molecule has 2 heterocycles. The van der Waals surface area contributed by atoms with Crippen molar-refractivity contribution in [2.75, 3.05) is 13.1 Å². The molecule has 0 spiro atoms. The van der Waals surface area contributed by atoms with Gasteiger partial charge in [-0.05, 0) is 36.1 Å². The van der Waals surface area contributed by atoms with Gasteiger partial charge in [-0.25, -0.2) is 0 Å². The first kappa shape index (κ1) is 17.6. The molecule has 2 fully saturated rings. The Morgan fingerprint density at radius 2 is 2.15 bits per heavy atom. The zero-order valence-electron chi connectivity index (χ0n) is 15.0. The quantitative estimate of drug-likeness (QED) is 0.867. The molecule has 1 saturated heterocycles. The standard InChI is InChI=1S/C20H25ClN4O/c1-25-13-14(10-23-25)17-11-22-12-18(17)19(26)24-20(7-2-3-8-20)15-5-4-6-16(21)9-15/h4-6,9-10,13,17-18,22H,2-3,7-8,11-12H2,1H3,(H,24,26)/t17-,18+/m1/s1. The SMILES string of the molecule is Cn1cc([C@H]2CNC[C@@H]2C(=O)NC2(c3cccc(Cl)c3)CCCC2)cn1. The van der Waals surface area contributed by atoms with Crippen molar-refractivity contribution in [1.82, 2.24) is 20.4 Å². The predicted molar refractivity (Wildman–Crippen MR) is 102 cm³/mol. The molecule has 1 aliphatic carbocycles. The number of halogens is 1. The Morgan fingerprint density at radius 1 is 1.35 bits per heavy atom. The van der Waals surface area contributed by atoms with Crippen molar-refractivity contribution in [3.05, 3.63) is 52.8 Å². The molecule has 26 heavy (non-hydrogen) atoms. The molecule has 0 bridgehead atoms. The topological polar surface area (TPSA) is 59.0 Å². The highest BCUT2D eigenvalue weighted by Gasteiger charge is 2.41. The second kappa shape index (κ2) is 7.05. The van der Waals surface area contributed by atoms with Gasteiger partial charge in [0.15, 0.2) is 0 Å². The summed E-state index contributed by atoms with van der Waals surface area (Å²) in [5.74, 6) is 0.225. The van der Waals surface area contributed by atoms with Crippen LogP contribution in [0.4, 0.5) is 0 Å². The van der Waals surface area contributed by atoms with Gasteiger partial charge < -0.3 is 10.6 Å². The maximum Gasteiger partial charge on any atom is 0.225 e. The minimum atomic E-state index is -0.288. The van der Waals surface area contributed by atoms with E-state index in [0.29, 0.717) is 6.54 Å². The Balaban J connectivity index is 1.57. The van der Waals surface area contributed by atoms with Gasteiger partial charge in [-0.3, -0.25) is 9.48 Å². The van der Waals surface area contributed by atoms with Crippen LogP contribution in [0.25, 0.3) is 0 Å². The highest BCUT2D eigenvalue weighted by atomic mass is 35.5. The first-order chi connectivity index (χ1) is 12.6. The van der Waals surface area contributed by atoms with Crippen molar-refractivity contribution >= 4 is 17.5 Å². The molecule has 6 heteroatoms. The van der Waals surface area contributed by atoms with Gasteiger partial charge >= 0.3 is 0 Å². The molecule has 2 N–H and O–H groups in total. The van der Waals surface area contributed by atoms with Crippen molar-refractivity contribution in [3.8, 4) is 0 Å². The van der Waals surface area contributed by atoms with Gasteiger partial charge in [0, 0.05) is 37.3 Å². The van der Waals surface area contributed by atoms with Crippen LogP contribution in [0.2, 0.25) is 5.02 Å². The van der Waals surface area contributed by atoms with E-state index in [1.807, 2.05) is 37.6 Å². The first-order valence-electron chi connectivity index (χ1n) is 9.35. The molecule has 1 aromatic heterocycles. The van der Waals surface area contributed by atoms with E-state index in [1.54, 1.807) is 4.68 Å². The summed E-state index contributed by atoms with van der Waals surface area (Å²) in [6.07, 6.45) is 8.08. The van der Waals surface area contributed by atoms with Gasteiger partial charge in [-0.15, -0.1) is 0 Å². The molecule has 0 radical (unpaired) electrons. The van der Waals surface area contributed by atoms with Crippen LogP contribution in [0.3, 0.4) is 0 Å². The lowest BCUT2D eigenvalue weighted by Gasteiger charge is -2.33. The molecule has 1 aliphatic heterocycles. The van der Waals surface area contributed by atoms with E-state index in [-0.39, 0.29) is 23.3 Å². The minimum Gasteiger partial charge on any atom is -0.346 e. The summed E-state index contributed by atoms with van der Waals surface area (Å²) in [5, 5.41) is 11.8. The fourth-order valence-electron chi connectivity index (χ4n) is 4.52. The number of nitrogens with zero attached hydrogens (tertiary/aromatic N) is 2. The van der Waals surface area contributed by atoms with Gasteiger partial charge in [0.2, 0.25) is 5.91 Å². The minimum absolute atomic E-state index is 0.0733. The molecular formula is C20H25ClN4O. The Labute approximate surface area is 159 Å². The normalized spacial score (nSPS) is 24.7. The van der Waals surface area contributed by atoms with Gasteiger partial charge in [0.05, 0.1) is 17.7 Å². The summed E-state index contributed by atoms with van der Waals surface area (Å²) in [4.78, 5) is 13.2. The molecule has 138 valence electrons. The zero-order valence-corrected chi connectivity index (χ0v) is 15.8. The zero-order chi connectivity index (χ0) is 18.1. The number of carbonyl (C=O) groups is 1. The number of aryl methyl sites for hydroxylation is 1. The summed E-state index contributed by atoms with van der Waals surface area (Å²) < 4.78 is 1.80. The van der Waals surface area contributed by atoms with Crippen molar-refractivity contribution in [2.45, 2.75) is 37.1 Å².